The molecular weight excluding hydrogens is 324 g/mol. The summed E-state index contributed by atoms with van der Waals surface area (Å²) in [5.41, 5.74) is 3.89. The van der Waals surface area contributed by atoms with Gasteiger partial charge in [0.2, 0.25) is 11.8 Å². The maximum absolute atomic E-state index is 13.1. The lowest BCUT2D eigenvalue weighted by molar-refractivity contribution is -0.127. The Kier molecular flexibility index (Phi) is 4.94. The van der Waals surface area contributed by atoms with E-state index < -0.39 is 5.41 Å². The zero-order chi connectivity index (χ0) is 18.7. The number of carbonyl (C=O) groups excluding carboxylic acids is 1. The highest BCUT2D eigenvalue weighted by Gasteiger charge is 2.46. The van der Waals surface area contributed by atoms with E-state index in [2.05, 4.69) is 23.5 Å². The van der Waals surface area contributed by atoms with Gasteiger partial charge in [0.1, 0.15) is 6.26 Å². The fourth-order valence-electron chi connectivity index (χ4n) is 3.39. The number of carbonyl (C=O) groups is 1. The van der Waals surface area contributed by atoms with Crippen LogP contribution in [0.25, 0.3) is 11.5 Å². The van der Waals surface area contributed by atoms with Crippen molar-refractivity contribution in [3.05, 3.63) is 72.7 Å². The molecule has 0 spiro atoms. The van der Waals surface area contributed by atoms with Gasteiger partial charge >= 0.3 is 0 Å². The lowest BCUT2D eigenvalue weighted by atomic mass is 9.63. The number of nitrogens with zero attached hydrogens (tertiary/aromatic N) is 1. The molecule has 0 saturated heterocycles. The minimum absolute atomic E-state index is 0.00450. The van der Waals surface area contributed by atoms with E-state index in [4.69, 9.17) is 4.42 Å². The molecule has 1 amide bonds. The first kappa shape index (κ1) is 17.9. The predicted octanol–water partition coefficient (Wildman–Crippen LogP) is 5.37. The average Bonchev–Trinajstić information content (AvgIpc) is 3.01. The Morgan fingerprint density at radius 2 is 2.08 bits per heavy atom. The van der Waals surface area contributed by atoms with Crippen LogP contribution >= 0.6 is 0 Å². The molecule has 0 unspecified atom stereocenters. The Bertz CT molecular complexity index is 885. The number of aromatic nitrogens is 1. The molecule has 1 fully saturated rings. The summed E-state index contributed by atoms with van der Waals surface area (Å²) in [4.78, 5) is 17.4. The fraction of sp³-hybridized carbons (Fsp3) is 0.273. The lowest BCUT2D eigenvalue weighted by Gasteiger charge is -2.41. The Morgan fingerprint density at radius 3 is 2.62 bits per heavy atom. The van der Waals surface area contributed by atoms with E-state index in [0.717, 1.165) is 47.3 Å². The van der Waals surface area contributed by atoms with Crippen LogP contribution in [0.3, 0.4) is 0 Å². The van der Waals surface area contributed by atoms with Crippen molar-refractivity contribution in [2.75, 3.05) is 5.32 Å². The van der Waals surface area contributed by atoms with Crippen molar-refractivity contribution in [2.24, 2.45) is 5.41 Å². The van der Waals surface area contributed by atoms with Gasteiger partial charge in [-0.15, -0.1) is 0 Å². The van der Waals surface area contributed by atoms with Crippen LogP contribution in [-0.2, 0) is 4.79 Å². The molecule has 3 rings (SSSR count). The number of oxazole rings is 1. The quantitative estimate of drug-likeness (QED) is 0.714. The van der Waals surface area contributed by atoms with Gasteiger partial charge < -0.3 is 9.73 Å². The maximum atomic E-state index is 13.1. The van der Waals surface area contributed by atoms with Crippen molar-refractivity contribution >= 4 is 11.6 Å². The van der Waals surface area contributed by atoms with Crippen LogP contribution in [0.15, 0.2) is 65.8 Å². The number of anilines is 1. The van der Waals surface area contributed by atoms with E-state index in [0.29, 0.717) is 5.89 Å². The fourth-order valence-corrected chi connectivity index (χ4v) is 3.39. The van der Waals surface area contributed by atoms with Crippen molar-refractivity contribution in [1.29, 1.82) is 0 Å². The Morgan fingerprint density at radius 1 is 1.31 bits per heavy atom. The van der Waals surface area contributed by atoms with Gasteiger partial charge in [0.15, 0.2) is 0 Å². The second kappa shape index (κ2) is 7.16. The summed E-state index contributed by atoms with van der Waals surface area (Å²) in [6.45, 7) is 11.5. The molecule has 0 aliphatic heterocycles. The molecule has 1 aromatic carbocycles. The minimum atomic E-state index is -0.513. The third-order valence-electron chi connectivity index (χ3n) is 5.06. The van der Waals surface area contributed by atoms with Crippen molar-refractivity contribution in [1.82, 2.24) is 4.98 Å². The molecule has 2 aromatic rings. The van der Waals surface area contributed by atoms with Gasteiger partial charge in [-0.05, 0) is 50.0 Å². The molecule has 0 bridgehead atoms. The number of benzene rings is 1. The number of amides is 1. The summed E-state index contributed by atoms with van der Waals surface area (Å²) >= 11 is 0. The maximum Gasteiger partial charge on any atom is 0.235 e. The van der Waals surface area contributed by atoms with Crippen LogP contribution in [0, 0.1) is 19.3 Å². The van der Waals surface area contributed by atoms with Crippen molar-refractivity contribution in [2.45, 2.75) is 33.1 Å². The molecule has 1 heterocycles. The van der Waals surface area contributed by atoms with Crippen molar-refractivity contribution < 1.29 is 9.21 Å². The van der Waals surface area contributed by atoms with Crippen LogP contribution in [0.1, 0.15) is 30.5 Å². The molecule has 0 atom stereocenters. The van der Waals surface area contributed by atoms with Gasteiger partial charge in [0, 0.05) is 11.3 Å². The topological polar surface area (TPSA) is 55.1 Å². The molecule has 1 aromatic heterocycles. The summed E-state index contributed by atoms with van der Waals surface area (Å²) in [5.74, 6) is 0.558. The molecule has 134 valence electrons. The van der Waals surface area contributed by atoms with Crippen molar-refractivity contribution in [3.8, 4) is 11.5 Å². The zero-order valence-electron chi connectivity index (χ0n) is 15.3. The van der Waals surface area contributed by atoms with Crippen molar-refractivity contribution in [3.63, 3.8) is 0 Å². The minimum Gasteiger partial charge on any atom is -0.444 e. The average molecular weight is 348 g/mol. The third kappa shape index (κ3) is 3.15. The zero-order valence-corrected chi connectivity index (χ0v) is 15.3. The standard InChI is InChI=1S/C22H24N2O2/c1-5-8-17(6-2)22(11-7-12-22)21(25)24-18-10-9-15(3)19(13-18)20-23-16(4)14-26-20/h5-6,8-10,13-14H,1-2,7,11-12H2,3-4H3,(H,24,25)/b17-8+. The Labute approximate surface area is 154 Å². The molecule has 1 N–H and O–H groups in total. The second-order valence-corrected chi connectivity index (χ2v) is 6.78. The smallest absolute Gasteiger partial charge is 0.235 e. The molecule has 1 aliphatic rings. The first-order chi connectivity index (χ1) is 12.5. The number of rotatable bonds is 6. The van der Waals surface area contributed by atoms with Crippen LogP contribution in [0.2, 0.25) is 0 Å². The number of aryl methyl sites for hydroxylation is 2. The van der Waals surface area contributed by atoms with Gasteiger partial charge in [0.25, 0.3) is 0 Å². The SMILES string of the molecule is C=C/C=C(\C=C)C1(C(=O)Nc2ccc(C)c(-c3nc(C)co3)c2)CCC1. The van der Waals surface area contributed by atoms with E-state index in [1.54, 1.807) is 18.4 Å². The van der Waals surface area contributed by atoms with E-state index in [1.165, 1.54) is 0 Å². The number of hydrogen-bond acceptors (Lipinski definition) is 3. The van der Waals surface area contributed by atoms with Gasteiger partial charge in [-0.3, -0.25) is 4.79 Å². The second-order valence-electron chi connectivity index (χ2n) is 6.78. The predicted molar refractivity (Wildman–Crippen MR) is 105 cm³/mol. The molecule has 4 nitrogen and oxygen atoms in total. The summed E-state index contributed by atoms with van der Waals surface area (Å²) < 4.78 is 5.52. The summed E-state index contributed by atoms with van der Waals surface area (Å²) in [5, 5.41) is 3.07. The summed E-state index contributed by atoms with van der Waals surface area (Å²) in [6, 6.07) is 5.78. The van der Waals surface area contributed by atoms with Gasteiger partial charge in [-0.25, -0.2) is 4.98 Å². The van der Waals surface area contributed by atoms with Gasteiger partial charge in [0.05, 0.1) is 11.1 Å². The monoisotopic (exact) mass is 348 g/mol. The third-order valence-corrected chi connectivity index (χ3v) is 5.06. The Balaban J connectivity index is 1.89. The highest BCUT2D eigenvalue weighted by atomic mass is 16.3. The highest BCUT2D eigenvalue weighted by Crippen LogP contribution is 2.48. The molecule has 1 saturated carbocycles. The van der Waals surface area contributed by atoms with Crippen LogP contribution in [-0.4, -0.2) is 10.9 Å². The lowest BCUT2D eigenvalue weighted by Crippen LogP contribution is -2.43. The van der Waals surface area contributed by atoms with E-state index in [1.807, 2.05) is 38.1 Å². The molecular formula is C22H24N2O2. The van der Waals surface area contributed by atoms with Gasteiger partial charge in [-0.1, -0.05) is 43.9 Å². The molecule has 4 heteroatoms. The highest BCUT2D eigenvalue weighted by molar-refractivity contribution is 5.99. The van der Waals surface area contributed by atoms with E-state index >= 15 is 0 Å². The normalized spacial score (nSPS) is 15.8. The number of allylic oxidation sites excluding steroid dienone is 3. The van der Waals surface area contributed by atoms with E-state index in [9.17, 15) is 4.79 Å². The summed E-state index contributed by atoms with van der Waals surface area (Å²) in [7, 11) is 0. The Hall–Kier alpha value is -2.88. The largest absolute Gasteiger partial charge is 0.444 e. The molecule has 26 heavy (non-hydrogen) atoms. The van der Waals surface area contributed by atoms with Crippen LogP contribution in [0.4, 0.5) is 5.69 Å². The number of hydrogen-bond donors (Lipinski definition) is 1. The number of nitrogens with one attached hydrogen (secondary N) is 1. The van der Waals surface area contributed by atoms with Crippen LogP contribution in [0.5, 0.6) is 0 Å². The first-order valence-electron chi connectivity index (χ1n) is 8.80. The first-order valence-corrected chi connectivity index (χ1v) is 8.80. The van der Waals surface area contributed by atoms with E-state index in [-0.39, 0.29) is 5.91 Å². The van der Waals surface area contributed by atoms with Gasteiger partial charge in [-0.2, -0.15) is 0 Å². The summed E-state index contributed by atoms with van der Waals surface area (Å²) in [6.07, 6.45) is 9.65. The molecule has 0 radical (unpaired) electrons. The van der Waals surface area contributed by atoms with Crippen LogP contribution < -0.4 is 5.32 Å². The molecule has 1 aliphatic carbocycles.